The molecule has 0 fully saturated rings. The van der Waals surface area contributed by atoms with Crippen molar-refractivity contribution in [2.75, 3.05) is 38.6 Å². The molecule has 1 aromatic carbocycles. The lowest BCUT2D eigenvalue weighted by Crippen LogP contribution is -2.28. The van der Waals surface area contributed by atoms with Crippen LogP contribution in [0.1, 0.15) is 13.8 Å². The molecule has 0 aliphatic rings. The van der Waals surface area contributed by atoms with Crippen LogP contribution in [-0.2, 0) is 0 Å². The molecule has 0 unspecified atom stereocenters. The average Bonchev–Trinajstić information content (AvgIpc) is 2.51. The van der Waals surface area contributed by atoms with Crippen LogP contribution in [0.3, 0.4) is 0 Å². The third-order valence-electron chi connectivity index (χ3n) is 3.59. The summed E-state index contributed by atoms with van der Waals surface area (Å²) in [5.74, 6) is 0.815. The molecule has 1 N–H and O–H groups in total. The van der Waals surface area contributed by atoms with Gasteiger partial charge in [-0.25, -0.2) is 0 Å². The van der Waals surface area contributed by atoms with Gasteiger partial charge in [0.05, 0.1) is 7.11 Å². The summed E-state index contributed by atoms with van der Waals surface area (Å²) in [6.07, 6.45) is 1.82. The number of nitrogens with one attached hydrogen (secondary N) is 1. The van der Waals surface area contributed by atoms with Crippen LogP contribution in [-0.4, -0.2) is 43.2 Å². The Balaban J connectivity index is 2.14. The van der Waals surface area contributed by atoms with Gasteiger partial charge in [0.2, 0.25) is 0 Å². The van der Waals surface area contributed by atoms with Gasteiger partial charge in [-0.15, -0.1) is 0 Å². The lowest BCUT2D eigenvalue weighted by Gasteiger charge is -2.19. The monoisotopic (exact) mass is 273 g/mol. The molecule has 2 aromatic rings. The smallest absolute Gasteiger partial charge is 0.145 e. The Morgan fingerprint density at radius 2 is 2.00 bits per heavy atom. The Morgan fingerprint density at radius 1 is 1.20 bits per heavy atom. The van der Waals surface area contributed by atoms with Gasteiger partial charge >= 0.3 is 0 Å². The van der Waals surface area contributed by atoms with Crippen LogP contribution in [0.25, 0.3) is 10.9 Å². The Bertz CT molecular complexity index is 552. The maximum absolute atomic E-state index is 5.36. The van der Waals surface area contributed by atoms with Gasteiger partial charge in [0.25, 0.3) is 0 Å². The van der Waals surface area contributed by atoms with E-state index in [2.05, 4.69) is 35.1 Å². The van der Waals surface area contributed by atoms with Crippen LogP contribution in [0.15, 0.2) is 30.5 Å². The van der Waals surface area contributed by atoms with Gasteiger partial charge in [-0.05, 0) is 25.2 Å². The van der Waals surface area contributed by atoms with Crippen molar-refractivity contribution in [2.24, 2.45) is 0 Å². The summed E-state index contributed by atoms with van der Waals surface area (Å²) in [5.41, 5.74) is 2.02. The highest BCUT2D eigenvalue weighted by atomic mass is 16.5. The van der Waals surface area contributed by atoms with Crippen molar-refractivity contribution in [3.05, 3.63) is 30.5 Å². The van der Waals surface area contributed by atoms with Crippen molar-refractivity contribution in [2.45, 2.75) is 13.8 Å². The summed E-state index contributed by atoms with van der Waals surface area (Å²) in [6, 6.07) is 8.03. The van der Waals surface area contributed by atoms with Gasteiger partial charge in [0.15, 0.2) is 0 Å². The predicted octanol–water partition coefficient (Wildman–Crippen LogP) is 3.00. The normalized spacial score (nSPS) is 11.0. The van der Waals surface area contributed by atoms with Crippen molar-refractivity contribution >= 4 is 16.6 Å². The summed E-state index contributed by atoms with van der Waals surface area (Å²) >= 11 is 0. The molecular weight excluding hydrogens is 250 g/mol. The number of likely N-dealkylation sites (N-methyl/N-ethyl adjacent to an activating group) is 1. The van der Waals surface area contributed by atoms with E-state index < -0.39 is 0 Å². The molecule has 0 saturated heterocycles. The standard InChI is InChI=1S/C16H23N3O/c1-4-19(5-2)12-11-17-14-9-10-18-16-13(14)7-6-8-15(16)20-3/h6-10H,4-5,11-12H2,1-3H3,(H,17,18). The second kappa shape index (κ2) is 7.10. The number of nitrogens with zero attached hydrogens (tertiary/aromatic N) is 2. The molecule has 1 aromatic heterocycles. The lowest BCUT2D eigenvalue weighted by atomic mass is 10.1. The zero-order valence-corrected chi connectivity index (χ0v) is 12.5. The van der Waals surface area contributed by atoms with Gasteiger partial charge in [0, 0.05) is 30.4 Å². The summed E-state index contributed by atoms with van der Waals surface area (Å²) in [5, 5.41) is 4.60. The van der Waals surface area contributed by atoms with Crippen LogP contribution >= 0.6 is 0 Å². The van der Waals surface area contributed by atoms with Crippen molar-refractivity contribution in [1.29, 1.82) is 0 Å². The zero-order valence-electron chi connectivity index (χ0n) is 12.5. The fourth-order valence-corrected chi connectivity index (χ4v) is 2.36. The highest BCUT2D eigenvalue weighted by Crippen LogP contribution is 2.28. The number of hydrogen-bond acceptors (Lipinski definition) is 4. The third kappa shape index (κ3) is 3.20. The van der Waals surface area contributed by atoms with Gasteiger partial charge < -0.3 is 15.0 Å². The largest absolute Gasteiger partial charge is 0.494 e. The number of pyridine rings is 1. The van der Waals surface area contributed by atoms with Crippen molar-refractivity contribution < 1.29 is 4.74 Å². The van der Waals surface area contributed by atoms with E-state index >= 15 is 0 Å². The summed E-state index contributed by atoms with van der Waals surface area (Å²) < 4.78 is 5.36. The molecule has 0 aliphatic heterocycles. The first kappa shape index (κ1) is 14.6. The lowest BCUT2D eigenvalue weighted by molar-refractivity contribution is 0.316. The third-order valence-corrected chi connectivity index (χ3v) is 3.59. The first-order chi connectivity index (χ1) is 9.80. The van der Waals surface area contributed by atoms with E-state index in [1.165, 1.54) is 0 Å². The highest BCUT2D eigenvalue weighted by molar-refractivity contribution is 5.94. The van der Waals surface area contributed by atoms with Gasteiger partial charge in [-0.2, -0.15) is 0 Å². The molecule has 0 saturated carbocycles. The van der Waals surface area contributed by atoms with Crippen LogP contribution in [0.5, 0.6) is 5.75 Å². The number of benzene rings is 1. The van der Waals surface area contributed by atoms with E-state index in [1.807, 2.05) is 24.4 Å². The van der Waals surface area contributed by atoms with Crippen molar-refractivity contribution in [1.82, 2.24) is 9.88 Å². The van der Waals surface area contributed by atoms with Gasteiger partial charge in [-0.1, -0.05) is 26.0 Å². The molecule has 4 nitrogen and oxygen atoms in total. The number of hydrogen-bond donors (Lipinski definition) is 1. The second-order valence-electron chi connectivity index (χ2n) is 4.67. The molecule has 1 heterocycles. The SMILES string of the molecule is CCN(CC)CCNc1ccnc2c(OC)cccc12. The number of para-hydroxylation sites is 1. The van der Waals surface area contributed by atoms with Crippen molar-refractivity contribution in [3.63, 3.8) is 0 Å². The highest BCUT2D eigenvalue weighted by Gasteiger charge is 2.06. The molecule has 0 bridgehead atoms. The maximum Gasteiger partial charge on any atom is 0.145 e. The van der Waals surface area contributed by atoms with Gasteiger partial charge in [-0.3, -0.25) is 4.98 Å². The fraction of sp³-hybridized carbons (Fsp3) is 0.438. The molecule has 2 rings (SSSR count). The summed E-state index contributed by atoms with van der Waals surface area (Å²) in [6.45, 7) is 8.53. The maximum atomic E-state index is 5.36. The molecule has 0 spiro atoms. The first-order valence-corrected chi connectivity index (χ1v) is 7.18. The summed E-state index contributed by atoms with van der Waals surface area (Å²) in [7, 11) is 1.68. The minimum absolute atomic E-state index is 0.815. The van der Waals surface area contributed by atoms with Crippen LogP contribution < -0.4 is 10.1 Å². The quantitative estimate of drug-likeness (QED) is 0.841. The van der Waals surface area contributed by atoms with E-state index in [9.17, 15) is 0 Å². The van der Waals surface area contributed by atoms with Crippen molar-refractivity contribution in [3.8, 4) is 5.75 Å². The van der Waals surface area contributed by atoms with E-state index in [1.54, 1.807) is 7.11 Å². The zero-order chi connectivity index (χ0) is 14.4. The minimum Gasteiger partial charge on any atom is -0.494 e. The second-order valence-corrected chi connectivity index (χ2v) is 4.67. The molecule has 0 amide bonds. The minimum atomic E-state index is 0.815. The van der Waals surface area contributed by atoms with E-state index in [0.29, 0.717) is 0 Å². The molecule has 4 heteroatoms. The molecule has 0 aliphatic carbocycles. The topological polar surface area (TPSA) is 37.4 Å². The summed E-state index contributed by atoms with van der Waals surface area (Å²) in [4.78, 5) is 6.81. The van der Waals surface area contributed by atoms with Crippen LogP contribution in [0.4, 0.5) is 5.69 Å². The predicted molar refractivity (Wildman–Crippen MR) is 84.6 cm³/mol. The van der Waals surface area contributed by atoms with Gasteiger partial charge in [0.1, 0.15) is 11.3 Å². The average molecular weight is 273 g/mol. The molecule has 0 radical (unpaired) electrons. The Labute approximate surface area is 120 Å². The number of aromatic nitrogens is 1. The van der Waals surface area contributed by atoms with E-state index in [0.717, 1.165) is 48.5 Å². The number of fused-ring (bicyclic) bond motifs is 1. The number of methoxy groups -OCH3 is 1. The van der Waals surface area contributed by atoms with E-state index in [-0.39, 0.29) is 0 Å². The van der Waals surface area contributed by atoms with E-state index in [4.69, 9.17) is 4.74 Å². The first-order valence-electron chi connectivity index (χ1n) is 7.18. The van der Waals surface area contributed by atoms with Crippen LogP contribution in [0.2, 0.25) is 0 Å². The Kier molecular flexibility index (Phi) is 5.18. The molecular formula is C16H23N3O. The Morgan fingerprint density at radius 3 is 2.70 bits per heavy atom. The fourth-order valence-electron chi connectivity index (χ4n) is 2.36. The Hall–Kier alpha value is -1.81. The van der Waals surface area contributed by atoms with Crippen LogP contribution in [0, 0.1) is 0 Å². The molecule has 108 valence electrons. The molecule has 0 atom stereocenters. The number of rotatable bonds is 7. The number of ether oxygens (including phenoxy) is 1. The molecule has 20 heavy (non-hydrogen) atoms. The number of anilines is 1.